The summed E-state index contributed by atoms with van der Waals surface area (Å²) in [6.45, 7) is 3.78. The summed E-state index contributed by atoms with van der Waals surface area (Å²) in [5.41, 5.74) is 1.43. The van der Waals surface area contributed by atoms with Crippen molar-refractivity contribution in [2.75, 3.05) is 23.8 Å². The largest absolute Gasteiger partial charge is 0.417 e. The summed E-state index contributed by atoms with van der Waals surface area (Å²) in [4.78, 5) is 19.1. The monoisotopic (exact) mass is 586 g/mol. The summed E-state index contributed by atoms with van der Waals surface area (Å²) in [6.07, 6.45) is -3.19. The van der Waals surface area contributed by atoms with Crippen LogP contribution in [0.4, 0.5) is 19.0 Å². The molecule has 12 heteroatoms. The van der Waals surface area contributed by atoms with Crippen LogP contribution in [0, 0.1) is 11.3 Å². The van der Waals surface area contributed by atoms with Gasteiger partial charge in [0.1, 0.15) is 11.9 Å². The molecule has 8 nitrogen and oxygen atoms in total. The number of nitrogens with zero attached hydrogens (tertiary/aromatic N) is 3. The molecule has 2 atom stereocenters. The average Bonchev–Trinajstić information content (AvgIpc) is 2.98. The van der Waals surface area contributed by atoms with E-state index in [4.69, 9.17) is 0 Å². The number of hydrogen-bond donors (Lipinski definition) is 2. The first-order valence-corrected chi connectivity index (χ1v) is 14.7. The van der Waals surface area contributed by atoms with Crippen molar-refractivity contribution < 1.29 is 31.5 Å². The number of alkyl halides is 3. The number of amides is 1. The summed E-state index contributed by atoms with van der Waals surface area (Å²) >= 11 is 0. The Balaban J connectivity index is 1.59. The predicted octanol–water partition coefficient (Wildman–Crippen LogP) is 4.74. The lowest BCUT2D eigenvalue weighted by Crippen LogP contribution is -2.35. The van der Waals surface area contributed by atoms with Gasteiger partial charge in [0.25, 0.3) is 5.91 Å². The van der Waals surface area contributed by atoms with Gasteiger partial charge in [-0.25, -0.2) is 13.4 Å². The van der Waals surface area contributed by atoms with Gasteiger partial charge in [-0.2, -0.15) is 18.4 Å². The van der Waals surface area contributed by atoms with Crippen molar-refractivity contribution in [2.24, 2.45) is 0 Å². The fraction of sp³-hybridized carbons (Fsp3) is 0.345. The third kappa shape index (κ3) is 6.36. The zero-order valence-corrected chi connectivity index (χ0v) is 23.3. The number of hydrogen-bond acceptors (Lipinski definition) is 7. The number of sulfone groups is 1. The molecule has 216 valence electrons. The Morgan fingerprint density at radius 1 is 1.20 bits per heavy atom. The molecule has 1 amide bonds. The van der Waals surface area contributed by atoms with Gasteiger partial charge < -0.3 is 15.3 Å². The highest BCUT2D eigenvalue weighted by molar-refractivity contribution is 7.91. The molecular weight excluding hydrogens is 557 g/mol. The summed E-state index contributed by atoms with van der Waals surface area (Å²) in [6, 6.07) is 13.0. The molecular formula is C29H29F3N4O4S. The van der Waals surface area contributed by atoms with E-state index >= 15 is 0 Å². The van der Waals surface area contributed by atoms with Gasteiger partial charge in [0.2, 0.25) is 0 Å². The van der Waals surface area contributed by atoms with E-state index in [0.717, 1.165) is 23.4 Å². The van der Waals surface area contributed by atoms with Gasteiger partial charge in [-0.3, -0.25) is 4.79 Å². The number of anilines is 1. The molecule has 1 aliphatic heterocycles. The maximum absolute atomic E-state index is 13.2. The second kappa shape index (κ2) is 11.9. The Hall–Kier alpha value is -3.95. The van der Waals surface area contributed by atoms with Gasteiger partial charge in [0.05, 0.1) is 34.4 Å². The van der Waals surface area contributed by atoms with Crippen molar-refractivity contribution in [1.29, 1.82) is 5.26 Å². The van der Waals surface area contributed by atoms with E-state index in [2.05, 4.69) is 10.3 Å². The number of aliphatic hydroxyl groups is 1. The van der Waals surface area contributed by atoms with Crippen molar-refractivity contribution in [3.63, 3.8) is 0 Å². The van der Waals surface area contributed by atoms with Crippen LogP contribution in [0.15, 0.2) is 59.6 Å². The maximum atomic E-state index is 13.2. The molecule has 0 saturated carbocycles. The number of halogens is 3. The average molecular weight is 587 g/mol. The van der Waals surface area contributed by atoms with Crippen molar-refractivity contribution in [3.05, 3.63) is 88.1 Å². The zero-order valence-electron chi connectivity index (χ0n) is 22.4. The highest BCUT2D eigenvalue weighted by Crippen LogP contribution is 2.36. The van der Waals surface area contributed by atoms with Crippen LogP contribution in [0.5, 0.6) is 0 Å². The third-order valence-corrected chi connectivity index (χ3v) is 9.01. The molecule has 0 aliphatic carbocycles. The van der Waals surface area contributed by atoms with Crippen molar-refractivity contribution in [3.8, 4) is 6.07 Å². The van der Waals surface area contributed by atoms with Gasteiger partial charge in [-0.15, -0.1) is 0 Å². The van der Waals surface area contributed by atoms with Crippen LogP contribution in [0.1, 0.15) is 70.4 Å². The molecule has 4 rings (SSSR count). The Kier molecular flexibility index (Phi) is 8.70. The summed E-state index contributed by atoms with van der Waals surface area (Å²) in [7, 11) is -3.39. The summed E-state index contributed by atoms with van der Waals surface area (Å²) < 4.78 is 63.7. The number of benzene rings is 2. The Morgan fingerprint density at radius 3 is 2.49 bits per heavy atom. The number of fused-ring (bicyclic) bond motifs is 1. The molecule has 3 aromatic rings. The molecule has 2 aromatic carbocycles. The van der Waals surface area contributed by atoms with E-state index in [1.54, 1.807) is 36.1 Å². The van der Waals surface area contributed by atoms with Crippen LogP contribution in [0.3, 0.4) is 0 Å². The molecule has 1 aliphatic rings. The lowest BCUT2D eigenvalue weighted by Gasteiger charge is -2.36. The topological polar surface area (TPSA) is 123 Å². The number of nitriles is 1. The Morgan fingerprint density at radius 2 is 1.90 bits per heavy atom. The third-order valence-electron chi connectivity index (χ3n) is 7.26. The van der Waals surface area contributed by atoms with Crippen LogP contribution >= 0.6 is 0 Å². The fourth-order valence-electron chi connectivity index (χ4n) is 4.92. The van der Waals surface area contributed by atoms with Crippen LogP contribution in [0.2, 0.25) is 0 Å². The number of carbonyl (C=O) groups excluding carboxylic acids is 1. The number of nitrogens with one attached hydrogen (secondary N) is 1. The molecule has 2 N–H and O–H groups in total. The fourth-order valence-corrected chi connectivity index (χ4v) is 5.81. The first-order chi connectivity index (χ1) is 19.4. The van der Waals surface area contributed by atoms with Gasteiger partial charge in [0.15, 0.2) is 9.84 Å². The molecule has 41 heavy (non-hydrogen) atoms. The quantitative estimate of drug-likeness (QED) is 0.391. The van der Waals surface area contributed by atoms with E-state index in [1.807, 2.05) is 19.1 Å². The normalized spacial score (nSPS) is 16.0. The highest BCUT2D eigenvalue weighted by atomic mass is 32.2. The standard InChI is InChI=1S/C29H29F3N4O4S/c1-3-18-15-36(27-21(13-33)12-23(14-34-27)29(30,31)32)16-22-11-20(7-10-25(18)22)28(38)35-26(17-37)19-5-8-24(9-6-19)41(39,40)4-2/h5-12,14,18,26,37H,3-4,15-17H2,1-2H3,(H,35,38)/t18-,26-/m0/s1. The maximum Gasteiger partial charge on any atom is 0.417 e. The van der Waals surface area contributed by atoms with Gasteiger partial charge in [-0.05, 0) is 53.4 Å². The molecule has 0 fully saturated rings. The molecule has 0 spiro atoms. The lowest BCUT2D eigenvalue weighted by molar-refractivity contribution is -0.137. The minimum Gasteiger partial charge on any atom is -0.394 e. The van der Waals surface area contributed by atoms with E-state index in [9.17, 15) is 36.8 Å². The smallest absolute Gasteiger partial charge is 0.394 e. The van der Waals surface area contributed by atoms with Gasteiger partial charge in [-0.1, -0.05) is 32.0 Å². The Labute approximate surface area is 236 Å². The number of aliphatic hydroxyl groups excluding tert-OH is 1. The Bertz CT molecular complexity index is 1590. The van der Waals surface area contributed by atoms with E-state index < -0.39 is 40.1 Å². The van der Waals surface area contributed by atoms with Crippen molar-refractivity contribution in [2.45, 2.75) is 49.8 Å². The van der Waals surface area contributed by atoms with E-state index in [1.165, 1.54) is 12.1 Å². The zero-order chi connectivity index (χ0) is 29.9. The molecule has 0 saturated heterocycles. The summed E-state index contributed by atoms with van der Waals surface area (Å²) in [5, 5.41) is 22.3. The SMILES string of the molecule is CC[C@H]1CN(c2ncc(C(F)(F)F)cc2C#N)Cc2cc(C(=O)N[C@@H](CO)c3ccc(S(=O)(=O)CC)cc3)ccc21. The molecule has 0 bridgehead atoms. The predicted molar refractivity (Wildman–Crippen MR) is 146 cm³/mol. The van der Waals surface area contributed by atoms with Crippen molar-refractivity contribution >= 4 is 21.6 Å². The van der Waals surface area contributed by atoms with Crippen LogP contribution < -0.4 is 10.2 Å². The minimum atomic E-state index is -4.62. The van der Waals surface area contributed by atoms with Crippen LogP contribution in [-0.4, -0.2) is 43.3 Å². The highest BCUT2D eigenvalue weighted by Gasteiger charge is 2.33. The molecule has 1 aromatic heterocycles. The van der Waals surface area contributed by atoms with Crippen molar-refractivity contribution in [1.82, 2.24) is 10.3 Å². The minimum absolute atomic E-state index is 0.00500. The lowest BCUT2D eigenvalue weighted by atomic mass is 9.86. The summed E-state index contributed by atoms with van der Waals surface area (Å²) in [5.74, 6) is -0.371. The molecule has 0 unspecified atom stereocenters. The molecule has 2 heterocycles. The van der Waals surface area contributed by atoms with E-state index in [0.29, 0.717) is 24.1 Å². The van der Waals surface area contributed by atoms with Crippen LogP contribution in [-0.2, 0) is 22.6 Å². The second-order valence-corrected chi connectivity index (χ2v) is 12.1. The molecule has 0 radical (unpaired) electrons. The second-order valence-electron chi connectivity index (χ2n) is 9.79. The van der Waals surface area contributed by atoms with Gasteiger partial charge >= 0.3 is 6.18 Å². The van der Waals surface area contributed by atoms with Gasteiger partial charge in [0, 0.05) is 30.8 Å². The van der Waals surface area contributed by atoms with Crippen LogP contribution in [0.25, 0.3) is 0 Å². The number of aromatic nitrogens is 1. The van der Waals surface area contributed by atoms with E-state index in [-0.39, 0.29) is 34.5 Å². The number of carbonyl (C=O) groups is 1. The number of pyridine rings is 1. The number of rotatable bonds is 8. The first kappa shape index (κ1) is 30.0. The first-order valence-electron chi connectivity index (χ1n) is 13.0.